The standard InChI is InChI=1S/C11H11F4NO/c1-16-6-2-3-8-7-9(4-5-10(8)12)17-11(13,14)15/h2-5,7,16H,6H2,1H3. The van der Waals surface area contributed by atoms with E-state index in [-0.39, 0.29) is 5.56 Å². The van der Waals surface area contributed by atoms with Crippen molar-refractivity contribution < 1.29 is 22.3 Å². The molecule has 0 radical (unpaired) electrons. The van der Waals surface area contributed by atoms with Gasteiger partial charge in [-0.2, -0.15) is 0 Å². The molecule has 6 heteroatoms. The molecule has 1 aromatic carbocycles. The minimum atomic E-state index is -4.77. The monoisotopic (exact) mass is 249 g/mol. The Labute approximate surface area is 95.9 Å². The second-order valence-corrected chi connectivity index (χ2v) is 3.19. The lowest BCUT2D eigenvalue weighted by molar-refractivity contribution is -0.274. The fraction of sp³-hybridized carbons (Fsp3) is 0.273. The fourth-order valence-corrected chi connectivity index (χ4v) is 1.15. The Balaban J connectivity index is 2.86. The molecule has 0 amide bonds. The first kappa shape index (κ1) is 13.5. The topological polar surface area (TPSA) is 21.3 Å². The molecular weight excluding hydrogens is 238 g/mol. The zero-order valence-corrected chi connectivity index (χ0v) is 9.01. The van der Waals surface area contributed by atoms with Gasteiger partial charge in [-0.1, -0.05) is 12.2 Å². The van der Waals surface area contributed by atoms with Crippen molar-refractivity contribution >= 4 is 6.08 Å². The summed E-state index contributed by atoms with van der Waals surface area (Å²) < 4.78 is 52.7. The summed E-state index contributed by atoms with van der Waals surface area (Å²) >= 11 is 0. The SMILES string of the molecule is CNCC=Cc1cc(OC(F)(F)F)ccc1F. The molecule has 0 saturated carbocycles. The van der Waals surface area contributed by atoms with Crippen molar-refractivity contribution in [2.24, 2.45) is 0 Å². The van der Waals surface area contributed by atoms with E-state index in [1.807, 2.05) is 0 Å². The van der Waals surface area contributed by atoms with Crippen LogP contribution in [-0.4, -0.2) is 20.0 Å². The average Bonchev–Trinajstić information content (AvgIpc) is 2.21. The van der Waals surface area contributed by atoms with Gasteiger partial charge in [0.2, 0.25) is 0 Å². The van der Waals surface area contributed by atoms with Crippen LogP contribution in [0.4, 0.5) is 17.6 Å². The minimum absolute atomic E-state index is 0.0435. The smallest absolute Gasteiger partial charge is 0.406 e. The van der Waals surface area contributed by atoms with Crippen molar-refractivity contribution in [3.63, 3.8) is 0 Å². The molecule has 17 heavy (non-hydrogen) atoms. The van der Waals surface area contributed by atoms with Crippen molar-refractivity contribution in [3.05, 3.63) is 35.7 Å². The van der Waals surface area contributed by atoms with Gasteiger partial charge in [-0.15, -0.1) is 13.2 Å². The summed E-state index contributed by atoms with van der Waals surface area (Å²) in [5.74, 6) is -1.05. The minimum Gasteiger partial charge on any atom is -0.406 e. The summed E-state index contributed by atoms with van der Waals surface area (Å²) in [6.45, 7) is 0.490. The maximum Gasteiger partial charge on any atom is 0.573 e. The second-order valence-electron chi connectivity index (χ2n) is 3.19. The molecule has 0 fully saturated rings. The highest BCUT2D eigenvalue weighted by molar-refractivity contribution is 5.52. The lowest BCUT2D eigenvalue weighted by Gasteiger charge is -2.09. The molecule has 0 aliphatic heterocycles. The Bertz CT molecular complexity index is 401. The van der Waals surface area contributed by atoms with Crippen LogP contribution < -0.4 is 10.1 Å². The van der Waals surface area contributed by atoms with E-state index in [2.05, 4.69) is 10.1 Å². The highest BCUT2D eigenvalue weighted by atomic mass is 19.4. The largest absolute Gasteiger partial charge is 0.573 e. The zero-order valence-electron chi connectivity index (χ0n) is 9.01. The lowest BCUT2D eigenvalue weighted by atomic mass is 10.2. The third kappa shape index (κ3) is 4.86. The van der Waals surface area contributed by atoms with Gasteiger partial charge in [0, 0.05) is 12.1 Å². The molecule has 1 N–H and O–H groups in total. The molecule has 0 aromatic heterocycles. The van der Waals surface area contributed by atoms with E-state index in [0.29, 0.717) is 6.54 Å². The summed E-state index contributed by atoms with van der Waals surface area (Å²) in [5.41, 5.74) is 0.0435. The quantitative estimate of drug-likeness (QED) is 0.828. The number of halogens is 4. The Morgan fingerprint density at radius 1 is 1.35 bits per heavy atom. The van der Waals surface area contributed by atoms with E-state index in [4.69, 9.17) is 0 Å². The third-order valence-corrected chi connectivity index (χ3v) is 1.82. The van der Waals surface area contributed by atoms with Gasteiger partial charge in [0.05, 0.1) is 0 Å². The van der Waals surface area contributed by atoms with Crippen molar-refractivity contribution in [1.82, 2.24) is 5.32 Å². The molecule has 0 spiro atoms. The van der Waals surface area contributed by atoms with Gasteiger partial charge >= 0.3 is 6.36 Å². The molecule has 1 aromatic rings. The van der Waals surface area contributed by atoms with Crippen LogP contribution in [-0.2, 0) is 0 Å². The first-order valence-corrected chi connectivity index (χ1v) is 4.79. The average molecular weight is 249 g/mol. The Kier molecular flexibility index (Phi) is 4.51. The van der Waals surface area contributed by atoms with Gasteiger partial charge in [-0.25, -0.2) is 4.39 Å². The number of rotatable bonds is 4. The highest BCUT2D eigenvalue weighted by Gasteiger charge is 2.31. The van der Waals surface area contributed by atoms with E-state index in [1.54, 1.807) is 13.1 Å². The molecular formula is C11H11F4NO. The third-order valence-electron chi connectivity index (χ3n) is 1.82. The summed E-state index contributed by atoms with van der Waals surface area (Å²) in [5, 5.41) is 2.79. The van der Waals surface area contributed by atoms with Crippen LogP contribution in [0.3, 0.4) is 0 Å². The predicted octanol–water partition coefficient (Wildman–Crippen LogP) is 2.96. The van der Waals surface area contributed by atoms with E-state index in [1.165, 1.54) is 6.08 Å². The Morgan fingerprint density at radius 2 is 2.06 bits per heavy atom. The first-order valence-electron chi connectivity index (χ1n) is 4.79. The highest BCUT2D eigenvalue weighted by Crippen LogP contribution is 2.25. The maximum atomic E-state index is 13.2. The maximum absolute atomic E-state index is 13.2. The molecule has 0 aliphatic rings. The van der Waals surface area contributed by atoms with Gasteiger partial charge in [0.15, 0.2) is 0 Å². The Morgan fingerprint density at radius 3 is 2.65 bits per heavy atom. The van der Waals surface area contributed by atoms with Gasteiger partial charge in [-0.3, -0.25) is 0 Å². The molecule has 0 unspecified atom stereocenters. The number of alkyl halides is 3. The van der Waals surface area contributed by atoms with E-state index in [9.17, 15) is 17.6 Å². The van der Waals surface area contributed by atoms with Gasteiger partial charge in [0.1, 0.15) is 11.6 Å². The van der Waals surface area contributed by atoms with Crippen LogP contribution >= 0.6 is 0 Å². The predicted molar refractivity (Wildman–Crippen MR) is 56.0 cm³/mol. The van der Waals surface area contributed by atoms with Crippen molar-refractivity contribution in [2.45, 2.75) is 6.36 Å². The molecule has 0 bridgehead atoms. The number of hydrogen-bond acceptors (Lipinski definition) is 2. The number of benzene rings is 1. The van der Waals surface area contributed by atoms with E-state index in [0.717, 1.165) is 18.2 Å². The second kappa shape index (κ2) is 5.67. The van der Waals surface area contributed by atoms with Gasteiger partial charge in [0.25, 0.3) is 0 Å². The molecule has 94 valence electrons. The first-order chi connectivity index (χ1) is 7.92. The van der Waals surface area contributed by atoms with Crippen LogP contribution in [0.5, 0.6) is 5.75 Å². The van der Waals surface area contributed by atoms with E-state index >= 15 is 0 Å². The number of nitrogens with one attached hydrogen (secondary N) is 1. The van der Waals surface area contributed by atoms with Gasteiger partial charge in [-0.05, 0) is 25.2 Å². The molecule has 2 nitrogen and oxygen atoms in total. The van der Waals surface area contributed by atoms with Crippen LogP contribution in [0.25, 0.3) is 6.08 Å². The van der Waals surface area contributed by atoms with Crippen LogP contribution in [0, 0.1) is 5.82 Å². The molecule has 0 atom stereocenters. The van der Waals surface area contributed by atoms with Crippen LogP contribution in [0.1, 0.15) is 5.56 Å². The molecule has 0 heterocycles. The zero-order chi connectivity index (χ0) is 12.9. The van der Waals surface area contributed by atoms with Crippen LogP contribution in [0.15, 0.2) is 24.3 Å². The summed E-state index contributed by atoms with van der Waals surface area (Å²) in [7, 11) is 1.70. The molecule has 0 saturated heterocycles. The lowest BCUT2D eigenvalue weighted by Crippen LogP contribution is -2.17. The van der Waals surface area contributed by atoms with Gasteiger partial charge < -0.3 is 10.1 Å². The number of hydrogen-bond donors (Lipinski definition) is 1. The van der Waals surface area contributed by atoms with Crippen molar-refractivity contribution in [2.75, 3.05) is 13.6 Å². The van der Waals surface area contributed by atoms with E-state index < -0.39 is 17.9 Å². The summed E-state index contributed by atoms with van der Waals surface area (Å²) in [4.78, 5) is 0. The summed E-state index contributed by atoms with van der Waals surface area (Å²) in [6, 6.07) is 2.85. The molecule has 0 aliphatic carbocycles. The van der Waals surface area contributed by atoms with Crippen molar-refractivity contribution in [1.29, 1.82) is 0 Å². The normalized spacial score (nSPS) is 12.1. The number of likely N-dealkylation sites (N-methyl/N-ethyl adjacent to an activating group) is 1. The Hall–Kier alpha value is -1.56. The summed E-state index contributed by atoms with van der Waals surface area (Å²) in [6.07, 6.45) is -1.80. The van der Waals surface area contributed by atoms with Crippen LogP contribution in [0.2, 0.25) is 0 Å². The van der Waals surface area contributed by atoms with Crippen molar-refractivity contribution in [3.8, 4) is 5.75 Å². The molecule has 1 rings (SSSR count). The number of ether oxygens (including phenoxy) is 1. The fourth-order valence-electron chi connectivity index (χ4n) is 1.15.